The first-order valence-electron chi connectivity index (χ1n) is 5.92. The van der Waals surface area contributed by atoms with Gasteiger partial charge in [-0.2, -0.15) is 8.42 Å². The maximum absolute atomic E-state index is 10.8. The molecule has 104 valence electrons. The second-order valence-corrected chi connectivity index (χ2v) is 5.78. The van der Waals surface area contributed by atoms with Crippen LogP contribution in [0.15, 0.2) is 0 Å². The highest BCUT2D eigenvalue weighted by molar-refractivity contribution is 7.86. The van der Waals surface area contributed by atoms with Crippen molar-refractivity contribution in [2.45, 2.75) is 45.8 Å². The van der Waals surface area contributed by atoms with E-state index < -0.39 is 16.2 Å². The molecule has 0 radical (unpaired) electrons. The van der Waals surface area contributed by atoms with E-state index in [1.54, 1.807) is 6.92 Å². The normalized spacial score (nSPS) is 15.8. The Morgan fingerprint density at radius 1 is 1.12 bits per heavy atom. The van der Waals surface area contributed by atoms with E-state index in [0.717, 1.165) is 25.7 Å². The minimum atomic E-state index is -3.41. The monoisotopic (exact) mass is 268 g/mol. The summed E-state index contributed by atoms with van der Waals surface area (Å²) in [6, 6.07) is 0. The molecule has 0 fully saturated rings. The lowest BCUT2D eigenvalue weighted by atomic mass is 10.3. The second-order valence-electron chi connectivity index (χ2n) is 4.18. The van der Waals surface area contributed by atoms with E-state index in [-0.39, 0.29) is 12.7 Å². The third-order valence-corrected chi connectivity index (χ3v) is 2.63. The quantitative estimate of drug-likeness (QED) is 0.444. The predicted molar refractivity (Wildman–Crippen MR) is 66.5 cm³/mol. The Bertz CT molecular complexity index is 276. The molecule has 0 aromatic carbocycles. The van der Waals surface area contributed by atoms with Crippen molar-refractivity contribution in [3.8, 4) is 0 Å². The average Bonchev–Trinajstić information content (AvgIpc) is 2.19. The molecule has 0 spiro atoms. The van der Waals surface area contributed by atoms with Crippen LogP contribution < -0.4 is 0 Å². The van der Waals surface area contributed by atoms with Gasteiger partial charge in [0.15, 0.2) is 0 Å². The van der Waals surface area contributed by atoms with Crippen LogP contribution in [0.25, 0.3) is 0 Å². The van der Waals surface area contributed by atoms with Crippen LogP contribution in [0, 0.1) is 0 Å². The minimum absolute atomic E-state index is 0.0579. The van der Waals surface area contributed by atoms with Crippen LogP contribution in [0.5, 0.6) is 0 Å². The standard InChI is InChI=1S/C11H24O5S/c1-5-6-7-14-8-10(2)15-9-11(3)16-17(4,12)13/h10-11H,5-9H2,1-4H3. The average molecular weight is 268 g/mol. The molecule has 0 aromatic rings. The number of unbranched alkanes of at least 4 members (excludes halogenated alkanes) is 1. The highest BCUT2D eigenvalue weighted by Crippen LogP contribution is 2.01. The molecular formula is C11H24O5S. The molecule has 0 amide bonds. The van der Waals surface area contributed by atoms with E-state index in [2.05, 4.69) is 6.92 Å². The van der Waals surface area contributed by atoms with Gasteiger partial charge in [0.05, 0.1) is 31.7 Å². The summed E-state index contributed by atoms with van der Waals surface area (Å²) >= 11 is 0. The van der Waals surface area contributed by atoms with Gasteiger partial charge in [-0.1, -0.05) is 13.3 Å². The molecule has 0 rings (SSSR count). The molecule has 0 N–H and O–H groups in total. The first kappa shape index (κ1) is 16.8. The Kier molecular flexibility index (Phi) is 8.77. The lowest BCUT2D eigenvalue weighted by molar-refractivity contribution is -0.0306. The van der Waals surface area contributed by atoms with Crippen molar-refractivity contribution < 1.29 is 22.1 Å². The molecule has 0 aliphatic carbocycles. The SMILES string of the molecule is CCCCOCC(C)OCC(C)OS(C)(=O)=O. The Balaban J connectivity index is 3.58. The molecular weight excluding hydrogens is 244 g/mol. The topological polar surface area (TPSA) is 61.8 Å². The van der Waals surface area contributed by atoms with Crippen molar-refractivity contribution in [2.75, 3.05) is 26.1 Å². The third-order valence-electron chi connectivity index (χ3n) is 1.95. The number of rotatable bonds is 10. The molecule has 0 saturated heterocycles. The molecule has 0 aliphatic heterocycles. The van der Waals surface area contributed by atoms with E-state index in [9.17, 15) is 8.42 Å². The van der Waals surface area contributed by atoms with Crippen molar-refractivity contribution in [2.24, 2.45) is 0 Å². The fourth-order valence-corrected chi connectivity index (χ4v) is 1.82. The number of ether oxygens (including phenoxy) is 2. The summed E-state index contributed by atoms with van der Waals surface area (Å²) in [4.78, 5) is 0. The maximum Gasteiger partial charge on any atom is 0.264 e. The first-order valence-corrected chi connectivity index (χ1v) is 7.74. The van der Waals surface area contributed by atoms with Crippen molar-refractivity contribution in [1.82, 2.24) is 0 Å². The van der Waals surface area contributed by atoms with Crippen LogP contribution in [0.3, 0.4) is 0 Å². The molecule has 2 atom stereocenters. The van der Waals surface area contributed by atoms with Crippen LogP contribution >= 0.6 is 0 Å². The Hall–Kier alpha value is -0.170. The van der Waals surface area contributed by atoms with Crippen molar-refractivity contribution in [1.29, 1.82) is 0 Å². The van der Waals surface area contributed by atoms with Crippen LogP contribution in [0.1, 0.15) is 33.6 Å². The van der Waals surface area contributed by atoms with E-state index >= 15 is 0 Å². The molecule has 5 nitrogen and oxygen atoms in total. The van der Waals surface area contributed by atoms with E-state index in [4.69, 9.17) is 13.7 Å². The van der Waals surface area contributed by atoms with Gasteiger partial charge in [-0.25, -0.2) is 0 Å². The molecule has 0 heterocycles. The molecule has 0 bridgehead atoms. The molecule has 17 heavy (non-hydrogen) atoms. The first-order chi connectivity index (χ1) is 7.85. The van der Waals surface area contributed by atoms with E-state index in [1.165, 1.54) is 0 Å². The lowest BCUT2D eigenvalue weighted by Crippen LogP contribution is -2.25. The fraction of sp³-hybridized carbons (Fsp3) is 1.00. The summed E-state index contributed by atoms with van der Waals surface area (Å²) in [6.07, 6.45) is 2.65. The van der Waals surface area contributed by atoms with Gasteiger partial charge in [0.1, 0.15) is 0 Å². The van der Waals surface area contributed by atoms with Crippen molar-refractivity contribution in [3.63, 3.8) is 0 Å². The van der Waals surface area contributed by atoms with Gasteiger partial charge in [-0.15, -0.1) is 0 Å². The minimum Gasteiger partial charge on any atom is -0.379 e. The third kappa shape index (κ3) is 12.1. The van der Waals surface area contributed by atoms with Crippen molar-refractivity contribution >= 4 is 10.1 Å². The lowest BCUT2D eigenvalue weighted by Gasteiger charge is -2.16. The van der Waals surface area contributed by atoms with Gasteiger partial charge >= 0.3 is 0 Å². The van der Waals surface area contributed by atoms with Gasteiger partial charge in [-0.3, -0.25) is 4.18 Å². The maximum atomic E-state index is 10.8. The summed E-state index contributed by atoms with van der Waals surface area (Å²) in [6.45, 7) is 7.15. The zero-order valence-electron chi connectivity index (χ0n) is 11.1. The largest absolute Gasteiger partial charge is 0.379 e. The van der Waals surface area contributed by atoms with Crippen LogP contribution in [-0.4, -0.2) is 46.7 Å². The van der Waals surface area contributed by atoms with E-state index in [1.807, 2.05) is 6.92 Å². The summed E-state index contributed by atoms with van der Waals surface area (Å²) in [7, 11) is -3.41. The molecule has 0 saturated carbocycles. The van der Waals surface area contributed by atoms with Crippen LogP contribution in [-0.2, 0) is 23.8 Å². The van der Waals surface area contributed by atoms with Gasteiger partial charge in [0.25, 0.3) is 10.1 Å². The highest BCUT2D eigenvalue weighted by Gasteiger charge is 2.12. The molecule has 0 aliphatic rings. The van der Waals surface area contributed by atoms with Gasteiger partial charge in [-0.05, 0) is 20.3 Å². The Morgan fingerprint density at radius 2 is 1.76 bits per heavy atom. The van der Waals surface area contributed by atoms with E-state index in [0.29, 0.717) is 6.61 Å². The summed E-state index contributed by atoms with van der Waals surface area (Å²) in [5, 5.41) is 0. The second kappa shape index (κ2) is 8.85. The highest BCUT2D eigenvalue weighted by atomic mass is 32.2. The number of hydrogen-bond donors (Lipinski definition) is 0. The zero-order chi connectivity index (χ0) is 13.3. The number of hydrogen-bond acceptors (Lipinski definition) is 5. The molecule has 2 unspecified atom stereocenters. The van der Waals surface area contributed by atoms with Gasteiger partial charge < -0.3 is 9.47 Å². The summed E-state index contributed by atoms with van der Waals surface area (Å²) < 4.78 is 37.2. The van der Waals surface area contributed by atoms with Gasteiger partial charge in [0.2, 0.25) is 0 Å². The van der Waals surface area contributed by atoms with Crippen LogP contribution in [0.2, 0.25) is 0 Å². The summed E-state index contributed by atoms with van der Waals surface area (Å²) in [5.74, 6) is 0. The Labute approximate surface area is 105 Å². The molecule has 0 aromatic heterocycles. The smallest absolute Gasteiger partial charge is 0.264 e. The van der Waals surface area contributed by atoms with Crippen molar-refractivity contribution in [3.05, 3.63) is 0 Å². The van der Waals surface area contributed by atoms with Gasteiger partial charge in [0, 0.05) is 6.61 Å². The Morgan fingerprint density at radius 3 is 2.29 bits per heavy atom. The van der Waals surface area contributed by atoms with Crippen LogP contribution in [0.4, 0.5) is 0 Å². The fourth-order valence-electron chi connectivity index (χ4n) is 1.17. The predicted octanol–water partition coefficient (Wildman–Crippen LogP) is 1.57. The molecule has 6 heteroatoms. The summed E-state index contributed by atoms with van der Waals surface area (Å²) in [5.41, 5.74) is 0. The zero-order valence-corrected chi connectivity index (χ0v) is 12.0.